The molecule has 0 aliphatic carbocycles. The summed E-state index contributed by atoms with van der Waals surface area (Å²) >= 11 is 12.1. The molecule has 2 rings (SSSR count). The molecular weight excluding hydrogens is 286 g/mol. The van der Waals surface area contributed by atoms with Crippen LogP contribution in [0.3, 0.4) is 0 Å². The maximum Gasteiger partial charge on any atom is 0.184 e. The van der Waals surface area contributed by atoms with Crippen molar-refractivity contribution in [2.45, 2.75) is 0 Å². The molecule has 1 aromatic heterocycles. The van der Waals surface area contributed by atoms with Crippen molar-refractivity contribution in [3.63, 3.8) is 0 Å². The Hall–Kier alpha value is -1.43. The van der Waals surface area contributed by atoms with Crippen LogP contribution in [0.2, 0.25) is 5.02 Å². The number of halogens is 1. The summed E-state index contributed by atoms with van der Waals surface area (Å²) in [6.45, 7) is 0. The number of nitrogens with one attached hydrogen (secondary N) is 1. The number of nitrogens with zero attached hydrogens (tertiary/aromatic N) is 1. The average molecular weight is 296 g/mol. The van der Waals surface area contributed by atoms with E-state index in [0.29, 0.717) is 0 Å². The Morgan fingerprint density at radius 2 is 2.00 bits per heavy atom. The van der Waals surface area contributed by atoms with Gasteiger partial charge >= 0.3 is 0 Å². The van der Waals surface area contributed by atoms with Gasteiger partial charge in [-0.05, 0) is 42.0 Å². The summed E-state index contributed by atoms with van der Waals surface area (Å²) in [5, 5.41) is 4.80. The van der Waals surface area contributed by atoms with Crippen molar-refractivity contribution in [3.05, 3.63) is 46.3 Å². The summed E-state index contributed by atoms with van der Waals surface area (Å²) in [4.78, 5) is 2.17. The van der Waals surface area contributed by atoms with Gasteiger partial charge in [0.15, 0.2) is 5.11 Å². The van der Waals surface area contributed by atoms with E-state index in [-0.39, 0.29) is 5.11 Å². The Morgan fingerprint density at radius 3 is 2.67 bits per heavy atom. The fourth-order valence-electron chi connectivity index (χ4n) is 1.35. The number of hydrogen-bond acceptors (Lipinski definition) is 3. The molecule has 18 heavy (non-hydrogen) atoms. The molecule has 1 heterocycles. The molecule has 1 aromatic carbocycles. The summed E-state index contributed by atoms with van der Waals surface area (Å²) in [5.74, 6) is 0. The van der Waals surface area contributed by atoms with Gasteiger partial charge in [0.2, 0.25) is 0 Å². The summed E-state index contributed by atoms with van der Waals surface area (Å²) in [6, 6.07) is 11.7. The Morgan fingerprint density at radius 1 is 1.28 bits per heavy atom. The summed E-state index contributed by atoms with van der Waals surface area (Å²) < 4.78 is 0. The number of hydrazone groups is 1. The number of benzene rings is 1. The van der Waals surface area contributed by atoms with Crippen LogP contribution >= 0.6 is 35.2 Å². The minimum absolute atomic E-state index is 0.153. The van der Waals surface area contributed by atoms with E-state index in [1.54, 1.807) is 17.6 Å². The zero-order chi connectivity index (χ0) is 13.0. The minimum atomic E-state index is 0.153. The molecule has 0 bridgehead atoms. The van der Waals surface area contributed by atoms with Gasteiger partial charge in [-0.3, -0.25) is 5.43 Å². The highest BCUT2D eigenvalue weighted by molar-refractivity contribution is 7.80. The number of thiophene rings is 1. The third kappa shape index (κ3) is 3.53. The number of rotatable bonds is 3. The first-order valence-corrected chi connectivity index (χ1v) is 6.70. The van der Waals surface area contributed by atoms with Crippen molar-refractivity contribution in [1.82, 2.24) is 5.43 Å². The van der Waals surface area contributed by atoms with Crippen molar-refractivity contribution < 1.29 is 0 Å². The van der Waals surface area contributed by atoms with E-state index in [4.69, 9.17) is 17.3 Å². The van der Waals surface area contributed by atoms with Gasteiger partial charge in [0.05, 0.1) is 6.21 Å². The lowest BCUT2D eigenvalue weighted by Gasteiger charge is -1.96. The molecule has 0 aliphatic heterocycles. The Kier molecular flexibility index (Phi) is 4.30. The lowest BCUT2D eigenvalue weighted by molar-refractivity contribution is 1.04. The molecule has 0 amide bonds. The summed E-state index contributed by atoms with van der Waals surface area (Å²) in [5.41, 5.74) is 8.91. The first kappa shape index (κ1) is 13.0. The van der Waals surface area contributed by atoms with Crippen molar-refractivity contribution >= 4 is 46.5 Å². The fourth-order valence-corrected chi connectivity index (χ4v) is 2.42. The van der Waals surface area contributed by atoms with E-state index in [1.807, 2.05) is 36.4 Å². The summed E-state index contributed by atoms with van der Waals surface area (Å²) in [7, 11) is 0. The topological polar surface area (TPSA) is 50.4 Å². The molecule has 0 fully saturated rings. The molecule has 0 unspecified atom stereocenters. The van der Waals surface area contributed by atoms with Crippen LogP contribution < -0.4 is 11.2 Å². The Bertz CT molecular complexity index is 575. The standard InChI is InChI=1S/C12H10ClN3S2/c13-9-3-1-8(2-4-9)11-6-5-10(18-11)7-15-16-12(14)17/h1-7H,(H3,14,16,17)/b15-7+. The highest BCUT2D eigenvalue weighted by atomic mass is 35.5. The molecule has 0 saturated heterocycles. The molecule has 0 saturated carbocycles. The second-order valence-corrected chi connectivity index (χ2v) is 5.43. The molecule has 0 radical (unpaired) electrons. The van der Waals surface area contributed by atoms with Crippen molar-refractivity contribution in [2.75, 3.05) is 0 Å². The van der Waals surface area contributed by atoms with Crippen LogP contribution in [-0.2, 0) is 0 Å². The van der Waals surface area contributed by atoms with Gasteiger partial charge in [-0.15, -0.1) is 11.3 Å². The molecule has 2 aromatic rings. The van der Waals surface area contributed by atoms with Gasteiger partial charge in [0, 0.05) is 14.8 Å². The zero-order valence-electron chi connectivity index (χ0n) is 9.26. The van der Waals surface area contributed by atoms with Crippen LogP contribution in [0.5, 0.6) is 0 Å². The van der Waals surface area contributed by atoms with Crippen molar-refractivity contribution in [1.29, 1.82) is 0 Å². The second kappa shape index (κ2) is 5.95. The van der Waals surface area contributed by atoms with Gasteiger partial charge in [-0.2, -0.15) is 5.10 Å². The predicted octanol–water partition coefficient (Wildman–Crippen LogP) is 3.24. The van der Waals surface area contributed by atoms with Crippen LogP contribution in [0.25, 0.3) is 10.4 Å². The third-order valence-corrected chi connectivity index (χ3v) is 3.53. The summed E-state index contributed by atoms with van der Waals surface area (Å²) in [6.07, 6.45) is 1.68. The molecular formula is C12H10ClN3S2. The molecule has 0 spiro atoms. The fraction of sp³-hybridized carbons (Fsp3) is 0. The van der Waals surface area contributed by atoms with E-state index < -0.39 is 0 Å². The van der Waals surface area contributed by atoms with Crippen LogP contribution in [0, 0.1) is 0 Å². The van der Waals surface area contributed by atoms with Crippen LogP contribution in [0.4, 0.5) is 0 Å². The molecule has 3 N–H and O–H groups in total. The zero-order valence-corrected chi connectivity index (χ0v) is 11.6. The predicted molar refractivity (Wildman–Crippen MR) is 82.3 cm³/mol. The largest absolute Gasteiger partial charge is 0.375 e. The maximum atomic E-state index is 5.85. The highest BCUT2D eigenvalue weighted by Gasteiger charge is 2.01. The molecule has 0 atom stereocenters. The molecule has 92 valence electrons. The monoisotopic (exact) mass is 295 g/mol. The average Bonchev–Trinajstić information content (AvgIpc) is 2.78. The van der Waals surface area contributed by atoms with Crippen LogP contribution in [-0.4, -0.2) is 11.3 Å². The first-order valence-electron chi connectivity index (χ1n) is 5.09. The molecule has 6 heteroatoms. The number of hydrogen-bond donors (Lipinski definition) is 2. The second-order valence-electron chi connectivity index (χ2n) is 3.44. The maximum absolute atomic E-state index is 5.85. The van der Waals surface area contributed by atoms with E-state index in [1.165, 1.54) is 0 Å². The third-order valence-electron chi connectivity index (χ3n) is 2.12. The number of thiocarbonyl (C=S) groups is 1. The van der Waals surface area contributed by atoms with E-state index in [2.05, 4.69) is 22.7 Å². The van der Waals surface area contributed by atoms with Gasteiger partial charge in [0.1, 0.15) is 0 Å². The van der Waals surface area contributed by atoms with Crippen LogP contribution in [0.15, 0.2) is 41.5 Å². The minimum Gasteiger partial charge on any atom is -0.375 e. The van der Waals surface area contributed by atoms with Crippen LogP contribution in [0.1, 0.15) is 4.88 Å². The van der Waals surface area contributed by atoms with Gasteiger partial charge in [0.25, 0.3) is 0 Å². The normalized spacial score (nSPS) is 10.7. The lowest BCUT2D eigenvalue weighted by Crippen LogP contribution is -2.23. The Balaban J connectivity index is 2.12. The van der Waals surface area contributed by atoms with E-state index in [0.717, 1.165) is 20.3 Å². The van der Waals surface area contributed by atoms with Gasteiger partial charge in [-0.1, -0.05) is 23.7 Å². The van der Waals surface area contributed by atoms with Gasteiger partial charge in [-0.25, -0.2) is 0 Å². The SMILES string of the molecule is NC(=S)N/N=C/c1ccc(-c2ccc(Cl)cc2)s1. The smallest absolute Gasteiger partial charge is 0.184 e. The Labute approximate surface area is 119 Å². The first-order chi connectivity index (χ1) is 8.65. The molecule has 3 nitrogen and oxygen atoms in total. The lowest BCUT2D eigenvalue weighted by atomic mass is 10.2. The number of nitrogens with two attached hydrogens (primary N) is 1. The highest BCUT2D eigenvalue weighted by Crippen LogP contribution is 2.28. The van der Waals surface area contributed by atoms with E-state index in [9.17, 15) is 0 Å². The van der Waals surface area contributed by atoms with Crippen molar-refractivity contribution in [2.24, 2.45) is 10.8 Å². The molecule has 0 aliphatic rings. The van der Waals surface area contributed by atoms with Crippen molar-refractivity contribution in [3.8, 4) is 10.4 Å². The van der Waals surface area contributed by atoms with E-state index >= 15 is 0 Å². The quantitative estimate of drug-likeness (QED) is 0.519. The van der Waals surface area contributed by atoms with Gasteiger partial charge < -0.3 is 5.73 Å².